The fourth-order valence-electron chi connectivity index (χ4n) is 2.70. The molecule has 0 atom stereocenters. The number of rotatable bonds is 5. The van der Waals surface area contributed by atoms with E-state index >= 15 is 0 Å². The molecular formula is C17H18FN3O6S2. The molecule has 2 aromatic carbocycles. The molecule has 1 aliphatic rings. The number of benzene rings is 2. The minimum atomic E-state index is -4.13. The van der Waals surface area contributed by atoms with Gasteiger partial charge >= 0.3 is 0 Å². The second-order valence-corrected chi connectivity index (χ2v) is 9.65. The van der Waals surface area contributed by atoms with E-state index in [1.807, 2.05) is 0 Å². The van der Waals surface area contributed by atoms with Gasteiger partial charge in [-0.1, -0.05) is 0 Å². The lowest BCUT2D eigenvalue weighted by molar-refractivity contribution is 0.0729. The average Bonchev–Trinajstić information content (AvgIpc) is 2.68. The van der Waals surface area contributed by atoms with E-state index in [-0.39, 0.29) is 42.4 Å². The van der Waals surface area contributed by atoms with E-state index in [2.05, 4.69) is 5.32 Å². The van der Waals surface area contributed by atoms with Crippen LogP contribution in [0, 0.1) is 5.82 Å². The van der Waals surface area contributed by atoms with Crippen molar-refractivity contribution in [2.24, 2.45) is 5.14 Å². The van der Waals surface area contributed by atoms with Crippen molar-refractivity contribution in [2.45, 2.75) is 9.79 Å². The van der Waals surface area contributed by atoms with Gasteiger partial charge in [0.1, 0.15) is 10.7 Å². The van der Waals surface area contributed by atoms with Crippen LogP contribution < -0.4 is 10.5 Å². The van der Waals surface area contributed by atoms with Crippen LogP contribution >= 0.6 is 0 Å². The van der Waals surface area contributed by atoms with Crippen molar-refractivity contribution in [3.63, 3.8) is 0 Å². The number of carbonyl (C=O) groups excluding carboxylic acids is 1. The normalized spacial score (nSPS) is 15.8. The molecule has 0 unspecified atom stereocenters. The van der Waals surface area contributed by atoms with Gasteiger partial charge in [-0.05, 0) is 42.5 Å². The minimum absolute atomic E-state index is 0.0752. The molecule has 0 radical (unpaired) electrons. The van der Waals surface area contributed by atoms with Crippen LogP contribution in [0.4, 0.5) is 10.1 Å². The smallest absolute Gasteiger partial charge is 0.255 e. The van der Waals surface area contributed by atoms with Gasteiger partial charge in [0.2, 0.25) is 20.0 Å². The zero-order chi connectivity index (χ0) is 21.2. The van der Waals surface area contributed by atoms with Crippen molar-refractivity contribution >= 4 is 31.6 Å². The summed E-state index contributed by atoms with van der Waals surface area (Å²) < 4.78 is 68.4. The van der Waals surface area contributed by atoms with Crippen LogP contribution in [0.3, 0.4) is 0 Å². The van der Waals surface area contributed by atoms with Gasteiger partial charge < -0.3 is 10.1 Å². The third-order valence-electron chi connectivity index (χ3n) is 4.22. The fraction of sp³-hybridized carbons (Fsp3) is 0.235. The van der Waals surface area contributed by atoms with Crippen molar-refractivity contribution in [3.8, 4) is 0 Å². The maximum Gasteiger partial charge on any atom is 0.255 e. The van der Waals surface area contributed by atoms with Crippen LogP contribution in [-0.4, -0.2) is 53.4 Å². The Labute approximate surface area is 167 Å². The summed E-state index contributed by atoms with van der Waals surface area (Å²) in [7, 11) is -8.00. The first-order valence-electron chi connectivity index (χ1n) is 8.41. The standard InChI is InChI=1S/C17H18FN3O6S2/c18-15-6-1-12(11-16(15)29(25,26)21-7-9-27-10-8-21)17(22)20-13-2-4-14(5-3-13)28(19,23)24/h1-6,11H,7-10H2,(H,20,22)(H2,19,23,24). The molecule has 0 aromatic heterocycles. The first-order valence-corrected chi connectivity index (χ1v) is 11.4. The summed E-state index contributed by atoms with van der Waals surface area (Å²) in [4.78, 5) is 11.7. The first-order chi connectivity index (χ1) is 13.6. The molecule has 3 rings (SSSR count). The Morgan fingerprint density at radius 2 is 1.66 bits per heavy atom. The molecular weight excluding hydrogens is 425 g/mol. The van der Waals surface area contributed by atoms with Crippen LogP contribution in [0.5, 0.6) is 0 Å². The molecule has 0 aliphatic carbocycles. The summed E-state index contributed by atoms with van der Waals surface area (Å²) in [6.07, 6.45) is 0. The van der Waals surface area contributed by atoms with Crippen molar-refractivity contribution in [1.29, 1.82) is 0 Å². The second kappa shape index (κ2) is 8.16. The number of nitrogens with two attached hydrogens (primary N) is 1. The van der Waals surface area contributed by atoms with Crippen molar-refractivity contribution < 1.29 is 30.8 Å². The van der Waals surface area contributed by atoms with Gasteiger partial charge in [0.05, 0.1) is 18.1 Å². The van der Waals surface area contributed by atoms with E-state index in [1.165, 1.54) is 24.3 Å². The van der Waals surface area contributed by atoms with Gasteiger partial charge in [-0.15, -0.1) is 0 Å². The Balaban J connectivity index is 1.84. The number of amides is 1. The summed E-state index contributed by atoms with van der Waals surface area (Å²) in [5.41, 5.74) is 0.179. The molecule has 3 N–H and O–H groups in total. The Morgan fingerprint density at radius 3 is 2.24 bits per heavy atom. The summed E-state index contributed by atoms with van der Waals surface area (Å²) >= 11 is 0. The number of ether oxygens (including phenoxy) is 1. The number of carbonyl (C=O) groups is 1. The molecule has 29 heavy (non-hydrogen) atoms. The fourth-order valence-corrected chi connectivity index (χ4v) is 4.71. The van der Waals surface area contributed by atoms with Crippen molar-refractivity contribution in [3.05, 3.63) is 53.8 Å². The predicted molar refractivity (Wildman–Crippen MR) is 102 cm³/mol. The van der Waals surface area contributed by atoms with E-state index in [0.29, 0.717) is 0 Å². The third-order valence-corrected chi connectivity index (χ3v) is 7.06. The number of nitrogens with zero attached hydrogens (tertiary/aromatic N) is 1. The summed E-state index contributed by atoms with van der Waals surface area (Å²) in [5.74, 6) is -1.66. The molecule has 156 valence electrons. The SMILES string of the molecule is NS(=O)(=O)c1ccc(NC(=O)c2ccc(F)c(S(=O)(=O)N3CCOCC3)c2)cc1. The highest BCUT2D eigenvalue weighted by atomic mass is 32.2. The maximum absolute atomic E-state index is 14.2. The number of nitrogens with one attached hydrogen (secondary N) is 1. The van der Waals surface area contributed by atoms with Crippen LogP contribution in [0.1, 0.15) is 10.4 Å². The van der Waals surface area contributed by atoms with Crippen LogP contribution in [0.25, 0.3) is 0 Å². The van der Waals surface area contributed by atoms with E-state index in [0.717, 1.165) is 22.5 Å². The molecule has 1 fully saturated rings. The Kier molecular flexibility index (Phi) is 6.00. The number of morpholine rings is 1. The van der Waals surface area contributed by atoms with E-state index in [4.69, 9.17) is 9.88 Å². The zero-order valence-corrected chi connectivity index (χ0v) is 16.7. The predicted octanol–water partition coefficient (Wildman–Crippen LogP) is 0.746. The van der Waals surface area contributed by atoms with Gasteiger partial charge in [0, 0.05) is 24.3 Å². The number of hydrogen-bond acceptors (Lipinski definition) is 6. The van der Waals surface area contributed by atoms with Gasteiger partial charge in [0.25, 0.3) is 5.91 Å². The Bertz CT molecular complexity index is 1130. The Morgan fingerprint density at radius 1 is 1.03 bits per heavy atom. The molecule has 12 heteroatoms. The van der Waals surface area contributed by atoms with E-state index in [1.54, 1.807) is 0 Å². The second-order valence-electron chi connectivity index (χ2n) is 6.19. The molecule has 2 aromatic rings. The summed E-state index contributed by atoms with van der Waals surface area (Å²) in [6, 6.07) is 8.11. The molecule has 9 nitrogen and oxygen atoms in total. The lowest BCUT2D eigenvalue weighted by Crippen LogP contribution is -2.41. The van der Waals surface area contributed by atoms with Crippen LogP contribution in [0.2, 0.25) is 0 Å². The van der Waals surface area contributed by atoms with Crippen LogP contribution in [-0.2, 0) is 24.8 Å². The van der Waals surface area contributed by atoms with Gasteiger partial charge in [0.15, 0.2) is 0 Å². The minimum Gasteiger partial charge on any atom is -0.379 e. The highest BCUT2D eigenvalue weighted by molar-refractivity contribution is 7.89. The van der Waals surface area contributed by atoms with Crippen LogP contribution in [0.15, 0.2) is 52.3 Å². The molecule has 0 bridgehead atoms. The van der Waals surface area contributed by atoms with Gasteiger partial charge in [-0.2, -0.15) is 4.31 Å². The molecule has 1 heterocycles. The lowest BCUT2D eigenvalue weighted by atomic mass is 10.2. The Hall–Kier alpha value is -2.38. The molecule has 1 amide bonds. The van der Waals surface area contributed by atoms with Gasteiger partial charge in [-0.25, -0.2) is 26.4 Å². The number of anilines is 1. The largest absolute Gasteiger partial charge is 0.379 e. The number of halogens is 1. The highest BCUT2D eigenvalue weighted by Crippen LogP contribution is 2.22. The number of sulfonamides is 2. The monoisotopic (exact) mass is 443 g/mol. The summed E-state index contributed by atoms with van der Waals surface area (Å²) in [6.45, 7) is 0.592. The van der Waals surface area contributed by atoms with Crippen molar-refractivity contribution in [2.75, 3.05) is 31.6 Å². The highest BCUT2D eigenvalue weighted by Gasteiger charge is 2.29. The number of hydrogen-bond donors (Lipinski definition) is 2. The maximum atomic E-state index is 14.2. The lowest BCUT2D eigenvalue weighted by Gasteiger charge is -2.26. The molecule has 1 saturated heterocycles. The third kappa shape index (κ3) is 4.79. The summed E-state index contributed by atoms with van der Waals surface area (Å²) in [5, 5.41) is 7.50. The topological polar surface area (TPSA) is 136 Å². The quantitative estimate of drug-likeness (QED) is 0.700. The van der Waals surface area contributed by atoms with Crippen molar-refractivity contribution in [1.82, 2.24) is 4.31 Å². The number of primary sulfonamides is 1. The zero-order valence-electron chi connectivity index (χ0n) is 15.0. The van der Waals surface area contributed by atoms with Gasteiger partial charge in [-0.3, -0.25) is 4.79 Å². The molecule has 0 saturated carbocycles. The molecule has 0 spiro atoms. The van der Waals surface area contributed by atoms with E-state index < -0.39 is 36.7 Å². The van der Waals surface area contributed by atoms with E-state index in [9.17, 15) is 26.0 Å². The first kappa shape index (κ1) is 21.3. The molecule has 1 aliphatic heterocycles. The average molecular weight is 443 g/mol.